The summed E-state index contributed by atoms with van der Waals surface area (Å²) in [6.45, 7) is 11.5. The van der Waals surface area contributed by atoms with Crippen LogP contribution in [0.4, 0.5) is 0 Å². The molecule has 1 heterocycles. The highest BCUT2D eigenvalue weighted by atomic mass is 16.2. The lowest BCUT2D eigenvalue weighted by atomic mass is 9.73. The number of hydrogen-bond donors (Lipinski definition) is 0. The van der Waals surface area contributed by atoms with Gasteiger partial charge in [0.1, 0.15) is 0 Å². The van der Waals surface area contributed by atoms with E-state index in [-0.39, 0.29) is 29.0 Å². The molecule has 94 valence electrons. The number of hydrogen-bond acceptors (Lipinski definition) is 2. The van der Waals surface area contributed by atoms with E-state index in [1.807, 2.05) is 41.5 Å². The smallest absolute Gasteiger partial charge is 0.233 e. The van der Waals surface area contributed by atoms with Crippen LogP contribution in [-0.4, -0.2) is 30.1 Å². The molecule has 2 amide bonds. The lowest BCUT2D eigenvalue weighted by Crippen LogP contribution is -2.50. The summed E-state index contributed by atoms with van der Waals surface area (Å²) in [6.07, 6.45) is 0.304. The van der Waals surface area contributed by atoms with Gasteiger partial charge in [0.15, 0.2) is 0 Å². The van der Waals surface area contributed by atoms with Crippen molar-refractivity contribution in [3.05, 3.63) is 0 Å². The summed E-state index contributed by atoms with van der Waals surface area (Å²) in [5.41, 5.74) is -0.802. The van der Waals surface area contributed by atoms with Crippen LogP contribution in [0.2, 0.25) is 5.82 Å². The molecule has 0 saturated carbocycles. The zero-order chi connectivity index (χ0) is 13.6. The van der Waals surface area contributed by atoms with Gasteiger partial charge in [-0.15, -0.1) is 0 Å². The summed E-state index contributed by atoms with van der Waals surface area (Å²) in [5, 5.41) is 0. The van der Waals surface area contributed by atoms with Gasteiger partial charge in [0.25, 0.3) is 0 Å². The highest BCUT2D eigenvalue weighted by Gasteiger charge is 2.50. The van der Waals surface area contributed by atoms with Crippen LogP contribution in [-0.2, 0) is 9.59 Å². The van der Waals surface area contributed by atoms with E-state index in [4.69, 9.17) is 7.85 Å². The summed E-state index contributed by atoms with van der Waals surface area (Å²) in [6, 6.07) is 0. The predicted molar refractivity (Wildman–Crippen MR) is 68.7 cm³/mol. The minimum absolute atomic E-state index is 0.0789. The van der Waals surface area contributed by atoms with E-state index in [9.17, 15) is 9.59 Å². The third-order valence-corrected chi connectivity index (χ3v) is 3.88. The van der Waals surface area contributed by atoms with Crippen LogP contribution in [0, 0.1) is 11.3 Å². The third kappa shape index (κ3) is 2.40. The fraction of sp³-hybridized carbons (Fsp3) is 0.846. The zero-order valence-electron chi connectivity index (χ0n) is 11.7. The molecule has 3 nitrogen and oxygen atoms in total. The van der Waals surface area contributed by atoms with E-state index >= 15 is 0 Å². The molecule has 0 aromatic carbocycles. The Morgan fingerprint density at radius 2 is 1.71 bits per heavy atom. The Morgan fingerprint density at radius 3 is 2.00 bits per heavy atom. The molecule has 0 aromatic heterocycles. The second-order valence-corrected chi connectivity index (χ2v) is 6.63. The maximum absolute atomic E-state index is 12.4. The van der Waals surface area contributed by atoms with Crippen molar-refractivity contribution in [3.63, 3.8) is 0 Å². The van der Waals surface area contributed by atoms with Crippen molar-refractivity contribution in [1.82, 2.24) is 4.90 Å². The zero-order valence-corrected chi connectivity index (χ0v) is 11.7. The first-order valence-electron chi connectivity index (χ1n) is 6.12. The second-order valence-electron chi connectivity index (χ2n) is 6.63. The molecular weight excluding hydrogens is 213 g/mol. The summed E-state index contributed by atoms with van der Waals surface area (Å²) in [7, 11) is 5.88. The number of imide groups is 1. The van der Waals surface area contributed by atoms with E-state index in [2.05, 4.69) is 0 Å². The molecule has 0 spiro atoms. The van der Waals surface area contributed by atoms with Crippen molar-refractivity contribution in [1.29, 1.82) is 0 Å². The molecule has 0 N–H and O–H groups in total. The normalized spacial score (nSPS) is 24.4. The van der Waals surface area contributed by atoms with Crippen LogP contribution in [0.5, 0.6) is 0 Å². The number of rotatable bonds is 2. The molecule has 4 heteroatoms. The Bertz CT molecular complexity index is 342. The van der Waals surface area contributed by atoms with Gasteiger partial charge in [-0.1, -0.05) is 33.5 Å². The molecular formula is C13H22BNO2. The Morgan fingerprint density at radius 1 is 1.24 bits per heavy atom. The van der Waals surface area contributed by atoms with Crippen LogP contribution in [0.25, 0.3) is 0 Å². The number of carbonyl (C=O) groups is 2. The van der Waals surface area contributed by atoms with E-state index in [1.165, 1.54) is 4.90 Å². The maximum atomic E-state index is 12.4. The van der Waals surface area contributed by atoms with E-state index < -0.39 is 5.54 Å². The van der Waals surface area contributed by atoms with Gasteiger partial charge in [0, 0.05) is 12.0 Å². The fourth-order valence-electron chi connectivity index (χ4n) is 2.12. The Hall–Kier alpha value is -0.795. The Balaban J connectivity index is 3.06. The molecule has 1 rings (SSSR count). The molecule has 1 aliphatic rings. The van der Waals surface area contributed by atoms with Crippen molar-refractivity contribution >= 4 is 19.7 Å². The average molecular weight is 235 g/mol. The van der Waals surface area contributed by atoms with Crippen LogP contribution in [0.15, 0.2) is 0 Å². The van der Waals surface area contributed by atoms with Gasteiger partial charge in [-0.3, -0.25) is 14.5 Å². The van der Waals surface area contributed by atoms with Gasteiger partial charge in [-0.05, 0) is 19.3 Å². The van der Waals surface area contributed by atoms with Gasteiger partial charge in [0.05, 0.1) is 13.8 Å². The van der Waals surface area contributed by atoms with Crippen LogP contribution < -0.4 is 0 Å². The summed E-state index contributed by atoms with van der Waals surface area (Å²) in [4.78, 5) is 25.8. The SMILES string of the molecule is [B]C(C)C(C)(C)N1C(=O)CC(C(C)(C)C)C1=O. The van der Waals surface area contributed by atoms with E-state index in [1.54, 1.807) is 0 Å². The minimum atomic E-state index is -0.617. The predicted octanol–water partition coefficient (Wildman–Crippen LogP) is 2.16. The Labute approximate surface area is 105 Å². The Kier molecular flexibility index (Phi) is 3.48. The molecule has 0 aromatic rings. The van der Waals surface area contributed by atoms with Crippen molar-refractivity contribution in [2.45, 2.75) is 59.3 Å². The van der Waals surface area contributed by atoms with Gasteiger partial charge < -0.3 is 0 Å². The quantitative estimate of drug-likeness (QED) is 0.543. The van der Waals surface area contributed by atoms with Crippen molar-refractivity contribution in [2.24, 2.45) is 11.3 Å². The minimum Gasteiger partial charge on any atom is -0.277 e. The van der Waals surface area contributed by atoms with Gasteiger partial charge in [-0.25, -0.2) is 0 Å². The van der Waals surface area contributed by atoms with Crippen molar-refractivity contribution < 1.29 is 9.59 Å². The van der Waals surface area contributed by atoms with Crippen molar-refractivity contribution in [2.75, 3.05) is 0 Å². The number of carbonyl (C=O) groups excluding carboxylic acids is 2. The lowest BCUT2D eigenvalue weighted by molar-refractivity contribution is -0.146. The van der Waals surface area contributed by atoms with Gasteiger partial charge >= 0.3 is 0 Å². The average Bonchev–Trinajstić information content (AvgIpc) is 2.40. The van der Waals surface area contributed by atoms with Gasteiger partial charge in [0.2, 0.25) is 11.8 Å². The number of nitrogens with zero attached hydrogens (tertiary/aromatic N) is 1. The van der Waals surface area contributed by atoms with E-state index in [0.717, 1.165) is 0 Å². The summed E-state index contributed by atoms with van der Waals surface area (Å²) >= 11 is 0. The van der Waals surface area contributed by atoms with Crippen LogP contribution >= 0.6 is 0 Å². The standard InChI is InChI=1S/C13H22BNO2/c1-8(14)13(5,6)15-10(16)7-9(11(15)17)12(2,3)4/h8-9H,7H2,1-6H3. The first-order valence-corrected chi connectivity index (χ1v) is 6.12. The molecule has 2 unspecified atom stereocenters. The van der Waals surface area contributed by atoms with Crippen LogP contribution in [0.3, 0.4) is 0 Å². The second kappa shape index (κ2) is 4.15. The summed E-state index contributed by atoms with van der Waals surface area (Å²) in [5.74, 6) is -0.649. The molecule has 2 radical (unpaired) electrons. The number of amides is 2. The van der Waals surface area contributed by atoms with Gasteiger partial charge in [-0.2, -0.15) is 0 Å². The molecule has 1 aliphatic heterocycles. The molecule has 17 heavy (non-hydrogen) atoms. The third-order valence-electron chi connectivity index (χ3n) is 3.88. The molecule has 2 atom stereocenters. The molecule has 1 saturated heterocycles. The van der Waals surface area contributed by atoms with Crippen molar-refractivity contribution in [3.8, 4) is 0 Å². The number of likely N-dealkylation sites (tertiary alicyclic amines) is 1. The fourth-order valence-corrected chi connectivity index (χ4v) is 2.12. The highest BCUT2D eigenvalue weighted by Crippen LogP contribution is 2.40. The van der Waals surface area contributed by atoms with E-state index in [0.29, 0.717) is 6.42 Å². The lowest BCUT2D eigenvalue weighted by Gasteiger charge is -2.39. The maximum Gasteiger partial charge on any atom is 0.233 e. The topological polar surface area (TPSA) is 37.4 Å². The largest absolute Gasteiger partial charge is 0.277 e. The highest BCUT2D eigenvalue weighted by molar-refractivity contribution is 6.13. The first kappa shape index (κ1) is 14.3. The summed E-state index contributed by atoms with van der Waals surface area (Å²) < 4.78 is 0. The monoisotopic (exact) mass is 235 g/mol. The molecule has 1 fully saturated rings. The molecule has 0 aliphatic carbocycles. The first-order chi connectivity index (χ1) is 7.49. The van der Waals surface area contributed by atoms with Crippen LogP contribution in [0.1, 0.15) is 48.0 Å². The molecule has 0 bridgehead atoms.